The molecule has 3 aromatic rings. The quantitative estimate of drug-likeness (QED) is 0.767. The summed E-state index contributed by atoms with van der Waals surface area (Å²) in [5.74, 6) is -1.03. The van der Waals surface area contributed by atoms with Crippen molar-refractivity contribution in [1.82, 2.24) is 4.98 Å². The normalized spacial score (nSPS) is 10.2. The summed E-state index contributed by atoms with van der Waals surface area (Å²) in [5, 5.41) is 18.9. The fourth-order valence-electron chi connectivity index (χ4n) is 2.87. The highest BCUT2D eigenvalue weighted by Crippen LogP contribution is 2.34. The molecule has 25 heavy (non-hydrogen) atoms. The van der Waals surface area contributed by atoms with Gasteiger partial charge in [-0.15, -0.1) is 0 Å². The van der Waals surface area contributed by atoms with Crippen LogP contribution in [0.4, 0.5) is 0 Å². The van der Waals surface area contributed by atoms with E-state index in [-0.39, 0.29) is 11.1 Å². The summed E-state index contributed by atoms with van der Waals surface area (Å²) >= 11 is 0. The molecule has 0 atom stereocenters. The van der Waals surface area contributed by atoms with Crippen LogP contribution in [0.1, 0.15) is 21.6 Å². The highest BCUT2D eigenvalue weighted by atomic mass is 16.4. The van der Waals surface area contributed by atoms with Crippen LogP contribution in [0.2, 0.25) is 0 Å². The molecule has 5 heteroatoms. The number of nitrogens with one attached hydrogen (secondary N) is 1. The Morgan fingerprint density at radius 3 is 2.16 bits per heavy atom. The number of aromatic amines is 1. The fraction of sp³-hybridized carbons (Fsp3) is 0.0500. The minimum absolute atomic E-state index is 0.00542. The van der Waals surface area contributed by atoms with E-state index in [1.165, 1.54) is 6.07 Å². The zero-order chi connectivity index (χ0) is 18.0. The number of benzene rings is 2. The van der Waals surface area contributed by atoms with E-state index in [9.17, 15) is 20.0 Å². The van der Waals surface area contributed by atoms with Gasteiger partial charge in [-0.1, -0.05) is 42.5 Å². The molecule has 3 rings (SSSR count). The van der Waals surface area contributed by atoms with Gasteiger partial charge in [0, 0.05) is 11.3 Å². The summed E-state index contributed by atoms with van der Waals surface area (Å²) in [6.07, 6.45) is 0. The van der Waals surface area contributed by atoms with Crippen molar-refractivity contribution in [2.24, 2.45) is 0 Å². The maximum atomic E-state index is 12.1. The first-order valence-electron chi connectivity index (χ1n) is 7.59. The Bertz CT molecular complexity index is 1070. The van der Waals surface area contributed by atoms with E-state index in [1.54, 1.807) is 55.5 Å². The van der Waals surface area contributed by atoms with Gasteiger partial charge in [-0.2, -0.15) is 5.26 Å². The van der Waals surface area contributed by atoms with Gasteiger partial charge in [-0.25, -0.2) is 4.79 Å². The molecule has 0 amide bonds. The Balaban J connectivity index is 2.36. The Kier molecular flexibility index (Phi) is 4.19. The first-order chi connectivity index (χ1) is 12.0. The van der Waals surface area contributed by atoms with Gasteiger partial charge in [0.15, 0.2) is 0 Å². The number of aryl methyl sites for hydroxylation is 1. The van der Waals surface area contributed by atoms with E-state index in [2.05, 4.69) is 4.98 Å². The molecule has 2 aromatic carbocycles. The Hall–Kier alpha value is -3.65. The van der Waals surface area contributed by atoms with Crippen LogP contribution in [0, 0.1) is 18.3 Å². The first-order valence-corrected chi connectivity index (χ1v) is 7.59. The third kappa shape index (κ3) is 2.93. The zero-order valence-electron chi connectivity index (χ0n) is 13.4. The van der Waals surface area contributed by atoms with Crippen molar-refractivity contribution >= 4 is 5.97 Å². The summed E-state index contributed by atoms with van der Waals surface area (Å²) in [5.41, 5.74) is 2.65. The first kappa shape index (κ1) is 16.2. The molecule has 122 valence electrons. The van der Waals surface area contributed by atoms with Crippen molar-refractivity contribution in [3.8, 4) is 28.3 Å². The average molecular weight is 330 g/mol. The summed E-state index contributed by atoms with van der Waals surface area (Å²) in [6, 6.07) is 17.5. The summed E-state index contributed by atoms with van der Waals surface area (Å²) < 4.78 is 0. The number of carbonyl (C=O) groups is 1. The van der Waals surface area contributed by atoms with Gasteiger partial charge in [0.2, 0.25) is 0 Å². The molecule has 0 spiro atoms. The van der Waals surface area contributed by atoms with Crippen molar-refractivity contribution in [1.29, 1.82) is 5.26 Å². The number of hydrogen-bond acceptors (Lipinski definition) is 3. The highest BCUT2D eigenvalue weighted by Gasteiger charge is 2.17. The largest absolute Gasteiger partial charge is 0.478 e. The number of hydrogen-bond donors (Lipinski definition) is 2. The maximum Gasteiger partial charge on any atom is 0.336 e. The van der Waals surface area contributed by atoms with Crippen molar-refractivity contribution in [2.45, 2.75) is 6.92 Å². The smallest absolute Gasteiger partial charge is 0.336 e. The van der Waals surface area contributed by atoms with Gasteiger partial charge in [-0.3, -0.25) is 4.79 Å². The second kappa shape index (κ2) is 6.46. The molecule has 0 aliphatic rings. The molecular weight excluding hydrogens is 316 g/mol. The lowest BCUT2D eigenvalue weighted by molar-refractivity contribution is 0.0697. The van der Waals surface area contributed by atoms with Crippen LogP contribution in [0.15, 0.2) is 59.4 Å². The molecule has 0 aliphatic carbocycles. The van der Waals surface area contributed by atoms with Crippen molar-refractivity contribution in [2.75, 3.05) is 0 Å². The molecule has 0 saturated carbocycles. The minimum Gasteiger partial charge on any atom is -0.478 e. The van der Waals surface area contributed by atoms with Crippen LogP contribution in [0.5, 0.6) is 0 Å². The lowest BCUT2D eigenvalue weighted by Gasteiger charge is -2.13. The van der Waals surface area contributed by atoms with Gasteiger partial charge < -0.3 is 10.1 Å². The topological polar surface area (TPSA) is 93.9 Å². The van der Waals surface area contributed by atoms with Crippen molar-refractivity contribution in [3.63, 3.8) is 0 Å². The lowest BCUT2D eigenvalue weighted by atomic mass is 9.90. The van der Waals surface area contributed by atoms with Crippen molar-refractivity contribution in [3.05, 3.63) is 81.8 Å². The van der Waals surface area contributed by atoms with E-state index in [1.807, 2.05) is 6.07 Å². The van der Waals surface area contributed by atoms with Gasteiger partial charge in [0.25, 0.3) is 5.56 Å². The van der Waals surface area contributed by atoms with E-state index < -0.39 is 11.5 Å². The number of pyridine rings is 1. The van der Waals surface area contributed by atoms with Crippen molar-refractivity contribution < 1.29 is 9.90 Å². The number of H-pyrrole nitrogens is 1. The molecule has 0 saturated heterocycles. The molecule has 1 heterocycles. The van der Waals surface area contributed by atoms with Crippen LogP contribution in [0.25, 0.3) is 22.3 Å². The number of carboxylic acid groups (broad SMARTS) is 1. The summed E-state index contributed by atoms with van der Waals surface area (Å²) in [6.45, 7) is 1.74. The number of nitriles is 1. The second-order valence-electron chi connectivity index (χ2n) is 5.58. The number of aromatic carboxylic acids is 1. The van der Waals surface area contributed by atoms with E-state index in [0.29, 0.717) is 27.9 Å². The second-order valence-corrected chi connectivity index (χ2v) is 5.58. The predicted octanol–water partition coefficient (Wildman–Crippen LogP) is 3.59. The highest BCUT2D eigenvalue weighted by molar-refractivity contribution is 5.99. The summed E-state index contributed by atoms with van der Waals surface area (Å²) in [7, 11) is 0. The molecular formula is C20H14N2O3. The number of rotatable bonds is 3. The molecule has 0 fully saturated rings. The van der Waals surface area contributed by atoms with Gasteiger partial charge in [0.05, 0.1) is 5.56 Å². The number of carboxylic acids is 1. The van der Waals surface area contributed by atoms with Gasteiger partial charge in [-0.05, 0) is 35.7 Å². The monoisotopic (exact) mass is 330 g/mol. The standard InChI is InChI=1S/C20H14N2O3/c1-12-10-17(18(11-21)19(23)22-12)15-8-3-2-6-13(15)14-7-4-5-9-16(14)20(24)25/h2-10H,1H3,(H,22,23)(H,24,25). The van der Waals surface area contributed by atoms with E-state index in [4.69, 9.17) is 0 Å². The molecule has 1 aromatic heterocycles. The van der Waals surface area contributed by atoms with Gasteiger partial charge >= 0.3 is 5.97 Å². The molecule has 0 aliphatic heterocycles. The van der Waals surface area contributed by atoms with Crippen LogP contribution >= 0.6 is 0 Å². The average Bonchev–Trinajstić information content (AvgIpc) is 2.61. The zero-order valence-corrected chi connectivity index (χ0v) is 13.4. The van der Waals surface area contributed by atoms with Crippen LogP contribution < -0.4 is 5.56 Å². The molecule has 5 nitrogen and oxygen atoms in total. The number of nitrogens with zero attached hydrogens (tertiary/aromatic N) is 1. The molecule has 0 radical (unpaired) electrons. The predicted molar refractivity (Wildman–Crippen MR) is 94.3 cm³/mol. The molecule has 0 bridgehead atoms. The maximum absolute atomic E-state index is 12.1. The minimum atomic E-state index is -1.03. The van der Waals surface area contributed by atoms with Crippen LogP contribution in [-0.2, 0) is 0 Å². The van der Waals surface area contributed by atoms with Crippen LogP contribution in [-0.4, -0.2) is 16.1 Å². The lowest BCUT2D eigenvalue weighted by Crippen LogP contribution is -2.13. The molecule has 2 N–H and O–H groups in total. The fourth-order valence-corrected chi connectivity index (χ4v) is 2.87. The summed E-state index contributed by atoms with van der Waals surface area (Å²) in [4.78, 5) is 26.3. The third-order valence-electron chi connectivity index (χ3n) is 3.94. The Morgan fingerprint density at radius 1 is 1.00 bits per heavy atom. The molecule has 0 unspecified atom stereocenters. The van der Waals surface area contributed by atoms with Gasteiger partial charge in [0.1, 0.15) is 11.6 Å². The Morgan fingerprint density at radius 2 is 1.56 bits per heavy atom. The Labute approximate surface area is 143 Å². The third-order valence-corrected chi connectivity index (χ3v) is 3.94. The van der Waals surface area contributed by atoms with E-state index in [0.717, 1.165) is 0 Å². The SMILES string of the molecule is Cc1cc(-c2ccccc2-c2ccccc2C(=O)O)c(C#N)c(=O)[nH]1. The number of aromatic nitrogens is 1. The van der Waals surface area contributed by atoms with Crippen LogP contribution in [0.3, 0.4) is 0 Å². The van der Waals surface area contributed by atoms with E-state index >= 15 is 0 Å².